The maximum absolute atomic E-state index is 13.2. The average molecular weight is 315 g/mol. The fraction of sp³-hybridized carbons (Fsp3) is 0.0909. The second-order valence-electron chi connectivity index (χ2n) is 3.10. The molecule has 1 aromatic carbocycles. The summed E-state index contributed by atoms with van der Waals surface area (Å²) >= 11 is 11.1. The van der Waals surface area contributed by atoms with Gasteiger partial charge in [0.25, 0.3) is 0 Å². The second kappa shape index (κ2) is 7.87. The van der Waals surface area contributed by atoms with Gasteiger partial charge in [0, 0.05) is 5.56 Å². The van der Waals surface area contributed by atoms with E-state index in [1.165, 1.54) is 0 Å². The van der Waals surface area contributed by atoms with Gasteiger partial charge in [-0.05, 0) is 12.1 Å². The first-order valence-corrected chi connectivity index (χ1v) is 5.27. The minimum Gasteiger partial charge on any atom is -0.877 e. The molecule has 0 amide bonds. The number of ether oxygens (including phenoxy) is 1. The number of hydrogen-bond acceptors (Lipinski definition) is 4. The molecular formula is C11H6Cl2FNaO4. The molecule has 4 nitrogen and oxygen atoms in total. The third-order valence-electron chi connectivity index (χ3n) is 2.02. The van der Waals surface area contributed by atoms with Crippen molar-refractivity contribution in [3.8, 4) is 0 Å². The minimum absolute atomic E-state index is 0. The van der Waals surface area contributed by atoms with Crippen LogP contribution in [0.4, 0.5) is 4.39 Å². The maximum atomic E-state index is 13.2. The molecule has 0 aromatic heterocycles. The molecule has 0 atom stereocenters. The van der Waals surface area contributed by atoms with Gasteiger partial charge in [-0.1, -0.05) is 23.2 Å². The van der Waals surface area contributed by atoms with Gasteiger partial charge in [-0.25, -0.2) is 9.18 Å². The van der Waals surface area contributed by atoms with E-state index in [-0.39, 0.29) is 51.4 Å². The zero-order valence-corrected chi connectivity index (χ0v) is 13.5. The van der Waals surface area contributed by atoms with Gasteiger partial charge in [-0.2, -0.15) is 0 Å². The van der Waals surface area contributed by atoms with Crippen molar-refractivity contribution in [2.24, 2.45) is 0 Å². The molecule has 0 bridgehead atoms. The zero-order valence-electron chi connectivity index (χ0n) is 10.00. The number of methoxy groups -OCH3 is 1. The quantitative estimate of drug-likeness (QED) is 0.102. The molecule has 0 heterocycles. The smallest absolute Gasteiger partial charge is 0.877 e. The van der Waals surface area contributed by atoms with Crippen LogP contribution in [0.15, 0.2) is 24.0 Å². The zero-order chi connectivity index (χ0) is 13.9. The third kappa shape index (κ3) is 4.19. The van der Waals surface area contributed by atoms with E-state index in [2.05, 4.69) is 4.74 Å². The molecule has 0 saturated heterocycles. The summed E-state index contributed by atoms with van der Waals surface area (Å²) < 4.78 is 17.5. The molecule has 0 N–H and O–H groups in total. The normalized spacial score (nSPS) is 10.6. The van der Waals surface area contributed by atoms with E-state index >= 15 is 0 Å². The summed E-state index contributed by atoms with van der Waals surface area (Å²) in [7, 11) is 1.00. The van der Waals surface area contributed by atoms with E-state index < -0.39 is 23.1 Å². The van der Waals surface area contributed by atoms with Crippen LogP contribution in [0.5, 0.6) is 0 Å². The molecule has 1 rings (SSSR count). The first-order valence-electron chi connectivity index (χ1n) is 4.52. The van der Waals surface area contributed by atoms with E-state index in [1.807, 2.05) is 0 Å². The molecule has 0 aliphatic rings. The topological polar surface area (TPSA) is 66.4 Å². The van der Waals surface area contributed by atoms with E-state index in [0.29, 0.717) is 0 Å². The third-order valence-corrected chi connectivity index (χ3v) is 2.62. The summed E-state index contributed by atoms with van der Waals surface area (Å²) in [4.78, 5) is 22.9. The number of benzene rings is 1. The van der Waals surface area contributed by atoms with Crippen molar-refractivity contribution in [2.75, 3.05) is 7.11 Å². The molecule has 0 radical (unpaired) electrons. The predicted octanol–water partition coefficient (Wildman–Crippen LogP) is -1.26. The summed E-state index contributed by atoms with van der Waals surface area (Å²) in [6.45, 7) is 0. The molecule has 0 spiro atoms. The van der Waals surface area contributed by atoms with Crippen molar-refractivity contribution in [2.45, 2.75) is 0 Å². The molecule has 8 heteroatoms. The summed E-state index contributed by atoms with van der Waals surface area (Å²) in [5, 5.41) is 10.2. The Morgan fingerprint density at radius 3 is 2.37 bits per heavy atom. The van der Waals surface area contributed by atoms with Crippen molar-refractivity contribution in [3.63, 3.8) is 0 Å². The molecule has 0 aliphatic carbocycles. The number of ketones is 1. The number of carbonyl (C=O) groups is 2. The van der Waals surface area contributed by atoms with Gasteiger partial charge in [-0.15, -0.1) is 6.26 Å². The maximum Gasteiger partial charge on any atom is 1.00 e. The largest absolute Gasteiger partial charge is 1.00 e. The number of esters is 1. The van der Waals surface area contributed by atoms with Crippen LogP contribution in [0.25, 0.3) is 0 Å². The Morgan fingerprint density at radius 2 is 1.89 bits per heavy atom. The fourth-order valence-electron chi connectivity index (χ4n) is 1.15. The van der Waals surface area contributed by atoms with Gasteiger partial charge in [0.15, 0.2) is 0 Å². The minimum atomic E-state index is -1.12. The van der Waals surface area contributed by atoms with Crippen LogP contribution in [-0.4, -0.2) is 18.9 Å². The Kier molecular flexibility index (Phi) is 7.62. The summed E-state index contributed by atoms with van der Waals surface area (Å²) in [5.41, 5.74) is -1.12. The van der Waals surface area contributed by atoms with Crippen molar-refractivity contribution >= 4 is 35.0 Å². The summed E-state index contributed by atoms with van der Waals surface area (Å²) in [6, 6.07) is 1.75. The monoisotopic (exact) mass is 314 g/mol. The molecular weight excluding hydrogens is 309 g/mol. The number of carbonyl (C=O) groups excluding carboxylic acids is 2. The van der Waals surface area contributed by atoms with Crippen molar-refractivity contribution < 1.29 is 53.4 Å². The molecule has 1 aromatic rings. The molecule has 0 aliphatic heterocycles. The number of hydrogen-bond donors (Lipinski definition) is 0. The summed E-state index contributed by atoms with van der Waals surface area (Å²) in [6.07, 6.45) is 0.0248. The van der Waals surface area contributed by atoms with E-state index in [4.69, 9.17) is 23.2 Å². The van der Waals surface area contributed by atoms with Crippen molar-refractivity contribution in [1.82, 2.24) is 0 Å². The number of halogens is 3. The van der Waals surface area contributed by atoms with Gasteiger partial charge in [0.2, 0.25) is 5.78 Å². The second-order valence-corrected chi connectivity index (χ2v) is 3.91. The SMILES string of the molecule is COC(=O)/C(=C\[O-])C(=O)c1cc(F)c(Cl)cc1Cl.[Na+]. The standard InChI is InChI=1S/C11H7Cl2FO4.Na/c1-18-11(17)6(4-15)10(16)5-2-9(14)8(13)3-7(5)12;/h2-4,15H,1H3;/q;+1/p-1/b6-4-;. The Hall–Kier alpha value is -0.590. The van der Waals surface area contributed by atoms with Crippen LogP contribution in [0, 0.1) is 5.82 Å². The number of Topliss-reactive ketones (excluding diaryl/α,β-unsaturated/α-hetero) is 1. The Morgan fingerprint density at radius 1 is 1.32 bits per heavy atom. The Labute approximate surface area is 140 Å². The van der Waals surface area contributed by atoms with E-state index in [9.17, 15) is 19.1 Å². The van der Waals surface area contributed by atoms with Crippen molar-refractivity contribution in [3.05, 3.63) is 45.4 Å². The first kappa shape index (κ1) is 18.4. The fourth-order valence-corrected chi connectivity index (χ4v) is 1.61. The van der Waals surface area contributed by atoms with Crippen LogP contribution in [-0.2, 0) is 9.53 Å². The molecule has 0 unspecified atom stereocenters. The van der Waals surface area contributed by atoms with E-state index in [1.54, 1.807) is 0 Å². The van der Waals surface area contributed by atoms with Crippen LogP contribution in [0.3, 0.4) is 0 Å². The summed E-state index contributed by atoms with van der Waals surface area (Å²) in [5.74, 6) is -3.04. The van der Waals surface area contributed by atoms with Gasteiger partial charge < -0.3 is 9.84 Å². The average Bonchev–Trinajstić information content (AvgIpc) is 2.34. The molecule has 0 fully saturated rings. The molecule has 96 valence electrons. The van der Waals surface area contributed by atoms with Crippen LogP contribution < -0.4 is 34.7 Å². The Bertz CT molecular complexity index is 546. The molecule has 0 saturated carbocycles. The van der Waals surface area contributed by atoms with Gasteiger partial charge in [0.05, 0.1) is 22.7 Å². The number of rotatable bonds is 3. The van der Waals surface area contributed by atoms with Crippen LogP contribution in [0.1, 0.15) is 10.4 Å². The van der Waals surface area contributed by atoms with Gasteiger partial charge in [-0.3, -0.25) is 4.79 Å². The van der Waals surface area contributed by atoms with Crippen LogP contribution >= 0.6 is 23.2 Å². The van der Waals surface area contributed by atoms with Crippen molar-refractivity contribution in [1.29, 1.82) is 0 Å². The van der Waals surface area contributed by atoms with E-state index in [0.717, 1.165) is 19.2 Å². The van der Waals surface area contributed by atoms with Gasteiger partial charge in [0.1, 0.15) is 5.82 Å². The van der Waals surface area contributed by atoms with Crippen LogP contribution in [0.2, 0.25) is 10.0 Å². The predicted molar refractivity (Wildman–Crippen MR) is 60.8 cm³/mol. The van der Waals surface area contributed by atoms with Gasteiger partial charge >= 0.3 is 35.5 Å². The first-order chi connectivity index (χ1) is 8.42. The molecule has 19 heavy (non-hydrogen) atoms. The Balaban J connectivity index is 0.00000324.